The van der Waals surface area contributed by atoms with Crippen molar-refractivity contribution in [2.75, 3.05) is 13.7 Å². The Labute approximate surface area is 145 Å². The second-order valence-corrected chi connectivity index (χ2v) is 5.82. The number of methoxy groups -OCH3 is 1. The molecule has 2 aromatic carbocycles. The molecule has 1 heterocycles. The molecule has 0 aliphatic carbocycles. The van der Waals surface area contributed by atoms with E-state index in [9.17, 15) is 9.59 Å². The summed E-state index contributed by atoms with van der Waals surface area (Å²) in [6.07, 6.45) is 0.933. The van der Waals surface area contributed by atoms with E-state index in [-0.39, 0.29) is 18.1 Å². The first kappa shape index (κ1) is 16.8. The van der Waals surface area contributed by atoms with Crippen LogP contribution >= 0.6 is 0 Å². The van der Waals surface area contributed by atoms with Crippen LogP contribution in [0.2, 0.25) is 0 Å². The van der Waals surface area contributed by atoms with Crippen LogP contribution in [-0.4, -0.2) is 24.1 Å². The van der Waals surface area contributed by atoms with E-state index in [0.29, 0.717) is 24.3 Å². The molecule has 0 atom stereocenters. The van der Waals surface area contributed by atoms with Crippen LogP contribution in [0, 0.1) is 0 Å². The Morgan fingerprint density at radius 2 is 2.04 bits per heavy atom. The number of nitrogens with zero attached hydrogens (tertiary/aromatic N) is 1. The molecule has 6 heteroatoms. The number of rotatable bonds is 6. The lowest BCUT2D eigenvalue weighted by molar-refractivity contribution is -0.120. The molecule has 25 heavy (non-hydrogen) atoms. The van der Waals surface area contributed by atoms with Crippen molar-refractivity contribution in [3.8, 4) is 5.75 Å². The molecule has 1 amide bonds. The van der Waals surface area contributed by atoms with Gasteiger partial charge in [0.15, 0.2) is 5.58 Å². The van der Waals surface area contributed by atoms with Crippen molar-refractivity contribution in [3.05, 3.63) is 64.1 Å². The Kier molecular flexibility index (Phi) is 4.88. The summed E-state index contributed by atoms with van der Waals surface area (Å²) in [4.78, 5) is 23.6. The number of hydrogen-bond acceptors (Lipinski definition) is 4. The van der Waals surface area contributed by atoms with Gasteiger partial charge in [0.05, 0.1) is 19.0 Å². The van der Waals surface area contributed by atoms with Crippen molar-refractivity contribution < 1.29 is 13.9 Å². The number of ether oxygens (including phenoxy) is 1. The van der Waals surface area contributed by atoms with Crippen LogP contribution in [0.15, 0.2) is 51.7 Å². The topological polar surface area (TPSA) is 73.5 Å². The highest BCUT2D eigenvalue weighted by molar-refractivity contribution is 5.79. The second kappa shape index (κ2) is 7.25. The molecule has 130 valence electrons. The van der Waals surface area contributed by atoms with Gasteiger partial charge in [-0.15, -0.1) is 0 Å². The summed E-state index contributed by atoms with van der Waals surface area (Å²) in [7, 11) is 3.26. The molecule has 0 bridgehead atoms. The van der Waals surface area contributed by atoms with E-state index in [1.807, 2.05) is 42.5 Å². The lowest BCUT2D eigenvalue weighted by Crippen LogP contribution is -2.27. The first-order valence-corrected chi connectivity index (χ1v) is 8.05. The standard InChI is InChI=1S/C19H20N2O4/c1-21-15-8-7-13(11-17(15)25-19(21)23)9-10-20-18(22)12-14-5-3-4-6-16(14)24-2/h3-8,11H,9-10,12H2,1-2H3,(H,20,22). The Bertz CT molecular complexity index is 955. The van der Waals surface area contributed by atoms with Crippen LogP contribution in [0.3, 0.4) is 0 Å². The molecular formula is C19H20N2O4. The van der Waals surface area contributed by atoms with Gasteiger partial charge in [-0.2, -0.15) is 0 Å². The predicted octanol–water partition coefficient (Wildman–Crippen LogP) is 2.04. The molecule has 3 rings (SSSR count). The fourth-order valence-corrected chi connectivity index (χ4v) is 2.76. The van der Waals surface area contributed by atoms with Crippen LogP contribution < -0.4 is 15.8 Å². The fourth-order valence-electron chi connectivity index (χ4n) is 2.76. The Morgan fingerprint density at radius 3 is 2.84 bits per heavy atom. The molecule has 0 fully saturated rings. The van der Waals surface area contributed by atoms with Crippen LogP contribution in [-0.2, 0) is 24.7 Å². The second-order valence-electron chi connectivity index (χ2n) is 5.82. The van der Waals surface area contributed by atoms with Crippen LogP contribution in [0.1, 0.15) is 11.1 Å². The quantitative estimate of drug-likeness (QED) is 0.745. The monoisotopic (exact) mass is 340 g/mol. The number of fused-ring (bicyclic) bond motifs is 1. The predicted molar refractivity (Wildman–Crippen MR) is 94.9 cm³/mol. The third-order valence-corrected chi connectivity index (χ3v) is 4.14. The molecule has 0 saturated carbocycles. The minimum absolute atomic E-state index is 0.0585. The zero-order chi connectivity index (χ0) is 17.8. The number of oxazole rings is 1. The largest absolute Gasteiger partial charge is 0.496 e. The number of para-hydroxylation sites is 1. The smallest absolute Gasteiger partial charge is 0.419 e. The summed E-state index contributed by atoms with van der Waals surface area (Å²) in [5.74, 6) is 0.274. The fraction of sp³-hybridized carbons (Fsp3) is 0.263. The molecule has 0 radical (unpaired) electrons. The molecule has 1 aromatic heterocycles. The van der Waals surface area contributed by atoms with E-state index in [1.54, 1.807) is 14.2 Å². The molecule has 1 N–H and O–H groups in total. The summed E-state index contributed by atoms with van der Waals surface area (Å²) in [5, 5.41) is 2.90. The van der Waals surface area contributed by atoms with Gasteiger partial charge >= 0.3 is 5.76 Å². The minimum Gasteiger partial charge on any atom is -0.496 e. The SMILES string of the molecule is COc1ccccc1CC(=O)NCCc1ccc2c(c1)oc(=O)n2C. The maximum atomic E-state index is 12.1. The maximum absolute atomic E-state index is 12.1. The summed E-state index contributed by atoms with van der Waals surface area (Å²) < 4.78 is 11.9. The summed E-state index contributed by atoms with van der Waals surface area (Å²) in [5.41, 5.74) is 3.17. The Balaban J connectivity index is 1.57. The van der Waals surface area contributed by atoms with Gasteiger partial charge in [0.2, 0.25) is 5.91 Å². The van der Waals surface area contributed by atoms with Gasteiger partial charge in [0.25, 0.3) is 0 Å². The van der Waals surface area contributed by atoms with Crippen molar-refractivity contribution in [3.63, 3.8) is 0 Å². The van der Waals surface area contributed by atoms with E-state index >= 15 is 0 Å². The number of benzene rings is 2. The van der Waals surface area contributed by atoms with Gasteiger partial charge in [0.1, 0.15) is 5.75 Å². The lowest BCUT2D eigenvalue weighted by atomic mass is 10.1. The van der Waals surface area contributed by atoms with Gasteiger partial charge < -0.3 is 14.5 Å². The Hall–Kier alpha value is -3.02. The van der Waals surface area contributed by atoms with Crippen molar-refractivity contribution in [2.24, 2.45) is 7.05 Å². The van der Waals surface area contributed by atoms with Crippen molar-refractivity contribution in [1.29, 1.82) is 0 Å². The number of nitrogens with one attached hydrogen (secondary N) is 1. The molecular weight excluding hydrogens is 320 g/mol. The zero-order valence-electron chi connectivity index (χ0n) is 14.2. The Morgan fingerprint density at radius 1 is 1.24 bits per heavy atom. The molecule has 6 nitrogen and oxygen atoms in total. The van der Waals surface area contributed by atoms with Crippen LogP contribution in [0.25, 0.3) is 11.1 Å². The van der Waals surface area contributed by atoms with Gasteiger partial charge in [0, 0.05) is 19.2 Å². The van der Waals surface area contributed by atoms with Gasteiger partial charge in [-0.1, -0.05) is 24.3 Å². The third-order valence-electron chi connectivity index (χ3n) is 4.14. The van der Waals surface area contributed by atoms with Crippen molar-refractivity contribution in [1.82, 2.24) is 9.88 Å². The van der Waals surface area contributed by atoms with Crippen LogP contribution in [0.5, 0.6) is 5.75 Å². The highest BCUT2D eigenvalue weighted by Gasteiger charge is 2.09. The molecule has 0 saturated heterocycles. The minimum atomic E-state index is -0.378. The molecule has 3 aromatic rings. The van der Waals surface area contributed by atoms with Gasteiger partial charge in [-0.3, -0.25) is 9.36 Å². The van der Waals surface area contributed by atoms with Crippen molar-refractivity contribution in [2.45, 2.75) is 12.8 Å². The lowest BCUT2D eigenvalue weighted by Gasteiger charge is -2.09. The number of aryl methyl sites for hydroxylation is 1. The van der Waals surface area contributed by atoms with Crippen LogP contribution in [0.4, 0.5) is 0 Å². The molecule has 0 aliphatic heterocycles. The van der Waals surface area contributed by atoms with Gasteiger partial charge in [-0.05, 0) is 30.2 Å². The number of hydrogen-bond donors (Lipinski definition) is 1. The van der Waals surface area contributed by atoms with Crippen molar-refractivity contribution >= 4 is 17.0 Å². The first-order chi connectivity index (χ1) is 12.1. The van der Waals surface area contributed by atoms with E-state index in [2.05, 4.69) is 5.32 Å². The van der Waals surface area contributed by atoms with E-state index < -0.39 is 0 Å². The average molecular weight is 340 g/mol. The summed E-state index contributed by atoms with van der Waals surface area (Å²) in [6, 6.07) is 13.1. The molecule has 0 aliphatic rings. The average Bonchev–Trinajstić information content (AvgIpc) is 2.89. The third kappa shape index (κ3) is 3.74. The van der Waals surface area contributed by atoms with E-state index in [4.69, 9.17) is 9.15 Å². The van der Waals surface area contributed by atoms with E-state index in [0.717, 1.165) is 16.6 Å². The number of aromatic nitrogens is 1. The maximum Gasteiger partial charge on any atom is 0.419 e. The molecule has 0 unspecified atom stereocenters. The number of amides is 1. The van der Waals surface area contributed by atoms with Gasteiger partial charge in [-0.25, -0.2) is 4.79 Å². The number of carbonyl (C=O) groups excluding carboxylic acids is 1. The highest BCUT2D eigenvalue weighted by atomic mass is 16.5. The molecule has 0 spiro atoms. The first-order valence-electron chi connectivity index (χ1n) is 8.05. The number of carbonyl (C=O) groups is 1. The zero-order valence-corrected chi connectivity index (χ0v) is 14.2. The summed E-state index contributed by atoms with van der Waals surface area (Å²) >= 11 is 0. The van der Waals surface area contributed by atoms with E-state index in [1.165, 1.54) is 4.57 Å². The summed E-state index contributed by atoms with van der Waals surface area (Å²) in [6.45, 7) is 0.510. The highest BCUT2D eigenvalue weighted by Crippen LogP contribution is 2.17. The normalized spacial score (nSPS) is 10.8.